The summed E-state index contributed by atoms with van der Waals surface area (Å²) in [6.07, 6.45) is 2.52. The number of pyridine rings is 1. The molecule has 2 aromatic heterocycles. The Balaban J connectivity index is 1.88. The summed E-state index contributed by atoms with van der Waals surface area (Å²) in [6.45, 7) is 4.07. The van der Waals surface area contributed by atoms with Crippen LogP contribution < -0.4 is 5.56 Å². The number of benzene rings is 1. The van der Waals surface area contributed by atoms with Crippen LogP contribution in [0.5, 0.6) is 0 Å². The number of nitrogens with zero attached hydrogens (tertiary/aromatic N) is 3. The van der Waals surface area contributed by atoms with E-state index >= 15 is 0 Å². The molecule has 1 fully saturated rings. The molecule has 3 aromatic rings. The van der Waals surface area contributed by atoms with Gasteiger partial charge in [-0.05, 0) is 31.2 Å². The molecular weight excluding hydrogens is 346 g/mol. The molecule has 1 aromatic carbocycles. The lowest BCUT2D eigenvalue weighted by Crippen LogP contribution is -2.32. The first kappa shape index (κ1) is 17.6. The first-order valence-corrected chi connectivity index (χ1v) is 8.89. The zero-order valence-electron chi connectivity index (χ0n) is 15.3. The molecule has 7 nitrogen and oxygen atoms in total. The highest BCUT2D eigenvalue weighted by atomic mass is 16.6. The van der Waals surface area contributed by atoms with Gasteiger partial charge in [-0.2, -0.15) is 0 Å². The Morgan fingerprint density at radius 1 is 1.30 bits per heavy atom. The molecule has 4 rings (SSSR count). The van der Waals surface area contributed by atoms with Crippen molar-refractivity contribution in [1.29, 1.82) is 0 Å². The van der Waals surface area contributed by atoms with E-state index in [1.807, 2.05) is 12.1 Å². The molecule has 1 aliphatic heterocycles. The van der Waals surface area contributed by atoms with Gasteiger partial charge in [-0.3, -0.25) is 9.59 Å². The number of fused-ring (bicyclic) bond motifs is 1. The fraction of sp³-hybridized carbons (Fsp3) is 0.350. The molecular formula is C20H21N3O4. The maximum Gasteiger partial charge on any atom is 0.253 e. The molecule has 1 atom stereocenters. The van der Waals surface area contributed by atoms with Crippen molar-refractivity contribution >= 4 is 17.3 Å². The zero-order chi connectivity index (χ0) is 19.0. The highest BCUT2D eigenvalue weighted by molar-refractivity contribution is 5.87. The van der Waals surface area contributed by atoms with Gasteiger partial charge in [-0.25, -0.2) is 4.98 Å². The van der Waals surface area contributed by atoms with E-state index in [2.05, 4.69) is 4.57 Å². The fourth-order valence-corrected chi connectivity index (χ4v) is 3.47. The second-order valence-electron chi connectivity index (χ2n) is 6.81. The van der Waals surface area contributed by atoms with Crippen LogP contribution in [-0.4, -0.2) is 46.3 Å². The van der Waals surface area contributed by atoms with Gasteiger partial charge in [0.25, 0.3) is 5.56 Å². The molecule has 0 spiro atoms. The lowest BCUT2D eigenvalue weighted by Gasteiger charge is -2.24. The number of carbonyl (C=O) groups excluding carboxylic acids is 1. The topological polar surface area (TPSA) is 75.4 Å². The van der Waals surface area contributed by atoms with Crippen molar-refractivity contribution in [3.63, 3.8) is 0 Å². The Kier molecular flexibility index (Phi) is 4.63. The van der Waals surface area contributed by atoms with E-state index in [1.54, 1.807) is 36.9 Å². The number of aromatic nitrogens is 3. The second kappa shape index (κ2) is 7.09. The number of hydrogen-bond donors (Lipinski definition) is 0. The third-order valence-corrected chi connectivity index (χ3v) is 4.80. The Bertz CT molecular complexity index is 1030. The van der Waals surface area contributed by atoms with E-state index in [0.29, 0.717) is 37.5 Å². The molecule has 0 aliphatic carbocycles. The van der Waals surface area contributed by atoms with E-state index in [-0.39, 0.29) is 11.7 Å². The fourth-order valence-electron chi connectivity index (χ4n) is 3.47. The van der Waals surface area contributed by atoms with Gasteiger partial charge in [0.2, 0.25) is 0 Å². The van der Waals surface area contributed by atoms with Crippen LogP contribution in [0.3, 0.4) is 0 Å². The molecule has 0 radical (unpaired) electrons. The van der Waals surface area contributed by atoms with Crippen molar-refractivity contribution in [2.45, 2.75) is 19.6 Å². The minimum atomic E-state index is -0.0747. The number of ether oxygens (including phenoxy) is 2. The predicted octanol–water partition coefficient (Wildman–Crippen LogP) is 1.94. The summed E-state index contributed by atoms with van der Waals surface area (Å²) < 4.78 is 15.0. The molecule has 140 valence electrons. The van der Waals surface area contributed by atoms with Crippen molar-refractivity contribution in [1.82, 2.24) is 14.1 Å². The summed E-state index contributed by atoms with van der Waals surface area (Å²) >= 11 is 0. The van der Waals surface area contributed by atoms with Crippen LogP contribution in [0.2, 0.25) is 0 Å². The lowest BCUT2D eigenvalue weighted by atomic mass is 10.2. The van der Waals surface area contributed by atoms with E-state index < -0.39 is 0 Å². The van der Waals surface area contributed by atoms with Gasteiger partial charge in [-0.15, -0.1) is 0 Å². The average molecular weight is 367 g/mol. The molecule has 3 heterocycles. The quantitative estimate of drug-likeness (QED) is 0.659. The van der Waals surface area contributed by atoms with Crippen LogP contribution in [0.1, 0.15) is 15.9 Å². The molecule has 1 aliphatic rings. The standard InChI is InChI=1S/C20H21N3O4/c1-13-7-15(9-22(2)20(13)25)19-21-17-8-14(11-24)3-4-18(17)23(19)10-16-12-26-5-6-27-16/h3-4,7-9,11,16H,5-6,10,12H2,1-2H3. The van der Waals surface area contributed by atoms with Crippen molar-refractivity contribution in [3.05, 3.63) is 51.9 Å². The summed E-state index contributed by atoms with van der Waals surface area (Å²) in [5.74, 6) is 0.737. The molecule has 7 heteroatoms. The van der Waals surface area contributed by atoms with Gasteiger partial charge in [0.05, 0.1) is 43.5 Å². The third-order valence-electron chi connectivity index (χ3n) is 4.80. The molecule has 0 amide bonds. The number of aldehydes is 1. The number of rotatable bonds is 4. The highest BCUT2D eigenvalue weighted by Gasteiger charge is 2.20. The van der Waals surface area contributed by atoms with E-state index in [1.165, 1.54) is 0 Å². The van der Waals surface area contributed by atoms with E-state index in [0.717, 1.165) is 28.7 Å². The van der Waals surface area contributed by atoms with Crippen molar-refractivity contribution < 1.29 is 14.3 Å². The van der Waals surface area contributed by atoms with Crippen LogP contribution in [0.15, 0.2) is 35.3 Å². The van der Waals surface area contributed by atoms with Crippen LogP contribution in [-0.2, 0) is 23.1 Å². The number of imidazole rings is 1. The van der Waals surface area contributed by atoms with Crippen molar-refractivity contribution in [3.8, 4) is 11.4 Å². The monoisotopic (exact) mass is 367 g/mol. The Morgan fingerprint density at radius 3 is 2.85 bits per heavy atom. The summed E-state index contributed by atoms with van der Waals surface area (Å²) in [7, 11) is 1.73. The van der Waals surface area contributed by atoms with Gasteiger partial charge in [0.1, 0.15) is 12.1 Å². The van der Waals surface area contributed by atoms with Gasteiger partial charge in [0.15, 0.2) is 0 Å². The first-order chi connectivity index (χ1) is 13.1. The number of aryl methyl sites for hydroxylation is 2. The number of carbonyl (C=O) groups is 1. The first-order valence-electron chi connectivity index (χ1n) is 8.89. The van der Waals surface area contributed by atoms with Gasteiger partial charge in [0, 0.05) is 29.9 Å². The highest BCUT2D eigenvalue weighted by Crippen LogP contribution is 2.26. The zero-order valence-corrected chi connectivity index (χ0v) is 15.3. The van der Waals surface area contributed by atoms with Crippen LogP contribution in [0.25, 0.3) is 22.4 Å². The molecule has 1 saturated heterocycles. The lowest BCUT2D eigenvalue weighted by molar-refractivity contribution is -0.0931. The smallest absolute Gasteiger partial charge is 0.253 e. The normalized spacial score (nSPS) is 17.3. The minimum Gasteiger partial charge on any atom is -0.376 e. The molecule has 0 saturated carbocycles. The largest absolute Gasteiger partial charge is 0.376 e. The summed E-state index contributed by atoms with van der Waals surface area (Å²) in [5.41, 5.74) is 3.69. The Hall–Kier alpha value is -2.77. The number of hydrogen-bond acceptors (Lipinski definition) is 5. The molecule has 0 N–H and O–H groups in total. The molecule has 1 unspecified atom stereocenters. The second-order valence-corrected chi connectivity index (χ2v) is 6.81. The van der Waals surface area contributed by atoms with Crippen LogP contribution >= 0.6 is 0 Å². The SMILES string of the molecule is Cc1cc(-c2nc3cc(C=O)ccc3n2CC2COCCO2)cn(C)c1=O. The van der Waals surface area contributed by atoms with Crippen molar-refractivity contribution in [2.75, 3.05) is 19.8 Å². The maximum atomic E-state index is 12.1. The molecule has 0 bridgehead atoms. The van der Waals surface area contributed by atoms with Crippen LogP contribution in [0, 0.1) is 6.92 Å². The van der Waals surface area contributed by atoms with Gasteiger partial charge in [-0.1, -0.05) is 0 Å². The van der Waals surface area contributed by atoms with Gasteiger partial charge >= 0.3 is 0 Å². The Morgan fingerprint density at radius 2 is 2.15 bits per heavy atom. The average Bonchev–Trinajstić information content (AvgIpc) is 3.04. The van der Waals surface area contributed by atoms with Crippen molar-refractivity contribution in [2.24, 2.45) is 7.05 Å². The summed E-state index contributed by atoms with van der Waals surface area (Å²) in [6, 6.07) is 7.30. The Labute approximate surface area is 156 Å². The molecule has 27 heavy (non-hydrogen) atoms. The predicted molar refractivity (Wildman–Crippen MR) is 101 cm³/mol. The third kappa shape index (κ3) is 3.31. The maximum absolute atomic E-state index is 12.1. The van der Waals surface area contributed by atoms with E-state index in [4.69, 9.17) is 14.5 Å². The van der Waals surface area contributed by atoms with E-state index in [9.17, 15) is 9.59 Å². The summed E-state index contributed by atoms with van der Waals surface area (Å²) in [5, 5.41) is 0. The van der Waals surface area contributed by atoms with Crippen LogP contribution in [0.4, 0.5) is 0 Å². The van der Waals surface area contributed by atoms with Gasteiger partial charge < -0.3 is 18.6 Å². The minimum absolute atomic E-state index is 0.0336. The summed E-state index contributed by atoms with van der Waals surface area (Å²) in [4.78, 5) is 28.0.